The molecule has 0 aliphatic carbocycles. The molecule has 3 rings (SSSR count). The van der Waals surface area contributed by atoms with Crippen molar-refractivity contribution in [3.8, 4) is 0 Å². The first kappa shape index (κ1) is 22.3. The molecule has 0 N–H and O–H groups in total. The lowest BCUT2D eigenvalue weighted by molar-refractivity contribution is 0.0986. The Labute approximate surface area is 175 Å². The Bertz CT molecular complexity index is 956. The number of hydrogen-bond acceptors (Lipinski definition) is 4. The minimum atomic E-state index is -0.350. The Morgan fingerprint density at radius 3 is 2.43 bits per heavy atom. The van der Waals surface area contributed by atoms with Crippen LogP contribution in [0.3, 0.4) is 0 Å². The minimum Gasteiger partial charge on any atom is -0.309 e. The van der Waals surface area contributed by atoms with E-state index < -0.39 is 0 Å². The molecular weight excluding hydrogens is 397 g/mol. The number of halogens is 2. The van der Waals surface area contributed by atoms with Crippen molar-refractivity contribution in [2.45, 2.75) is 20.3 Å². The van der Waals surface area contributed by atoms with Gasteiger partial charge in [-0.25, -0.2) is 9.37 Å². The second kappa shape index (κ2) is 9.45. The van der Waals surface area contributed by atoms with Gasteiger partial charge in [-0.1, -0.05) is 17.4 Å². The standard InChI is InChI=1S/C21H24FN3OS.ClH/c1-14-12-15(2)19-18(13-14)23-21(27-19)25(11-5-10-24(3)4)20(26)16-6-8-17(22)9-7-16;/h6-9,12-13H,5,10-11H2,1-4H3;1H. The van der Waals surface area contributed by atoms with Crippen LogP contribution in [0.2, 0.25) is 0 Å². The molecule has 0 aliphatic heterocycles. The summed E-state index contributed by atoms with van der Waals surface area (Å²) in [5.74, 6) is -0.501. The second-order valence-electron chi connectivity index (χ2n) is 7.05. The highest BCUT2D eigenvalue weighted by Gasteiger charge is 2.21. The predicted octanol–water partition coefficient (Wildman–Crippen LogP) is 5.07. The first-order valence-electron chi connectivity index (χ1n) is 8.95. The third kappa shape index (κ3) is 5.07. The molecule has 7 heteroatoms. The number of thiazole rings is 1. The predicted molar refractivity (Wildman–Crippen MR) is 118 cm³/mol. The van der Waals surface area contributed by atoms with Gasteiger partial charge in [0.1, 0.15) is 5.82 Å². The highest BCUT2D eigenvalue weighted by molar-refractivity contribution is 7.22. The summed E-state index contributed by atoms with van der Waals surface area (Å²) >= 11 is 1.53. The van der Waals surface area contributed by atoms with Gasteiger partial charge in [-0.2, -0.15) is 0 Å². The minimum absolute atomic E-state index is 0. The van der Waals surface area contributed by atoms with E-state index >= 15 is 0 Å². The van der Waals surface area contributed by atoms with Crippen LogP contribution in [0.5, 0.6) is 0 Å². The molecule has 0 radical (unpaired) electrons. The van der Waals surface area contributed by atoms with Crippen molar-refractivity contribution in [2.75, 3.05) is 32.1 Å². The van der Waals surface area contributed by atoms with Crippen molar-refractivity contribution in [2.24, 2.45) is 0 Å². The Morgan fingerprint density at radius 2 is 1.79 bits per heavy atom. The third-order valence-electron chi connectivity index (χ3n) is 4.36. The molecule has 1 aromatic heterocycles. The van der Waals surface area contributed by atoms with E-state index in [2.05, 4.69) is 17.9 Å². The monoisotopic (exact) mass is 421 g/mol. The summed E-state index contributed by atoms with van der Waals surface area (Å²) in [5.41, 5.74) is 3.70. The molecule has 0 bridgehead atoms. The molecule has 0 fully saturated rings. The van der Waals surface area contributed by atoms with Crippen LogP contribution in [-0.4, -0.2) is 43.0 Å². The van der Waals surface area contributed by atoms with Crippen LogP contribution in [-0.2, 0) is 0 Å². The average molecular weight is 422 g/mol. The molecule has 0 saturated heterocycles. The summed E-state index contributed by atoms with van der Waals surface area (Å²) in [5, 5.41) is 0.687. The fourth-order valence-electron chi connectivity index (χ4n) is 3.06. The van der Waals surface area contributed by atoms with E-state index in [1.54, 1.807) is 4.90 Å². The number of hydrogen-bond donors (Lipinski definition) is 0. The van der Waals surface area contributed by atoms with E-state index in [1.165, 1.54) is 35.6 Å². The zero-order valence-electron chi connectivity index (χ0n) is 16.5. The number of amides is 1. The van der Waals surface area contributed by atoms with E-state index in [0.29, 0.717) is 17.2 Å². The molecular formula is C21H25ClFN3OS. The lowest BCUT2D eigenvalue weighted by atomic mass is 10.1. The fraction of sp³-hybridized carbons (Fsp3) is 0.333. The SMILES string of the molecule is Cc1cc(C)c2sc(N(CCCN(C)C)C(=O)c3ccc(F)cc3)nc2c1.Cl. The van der Waals surface area contributed by atoms with E-state index in [9.17, 15) is 9.18 Å². The van der Waals surface area contributed by atoms with Crippen LogP contribution >= 0.6 is 23.7 Å². The van der Waals surface area contributed by atoms with Crippen LogP contribution in [0.25, 0.3) is 10.2 Å². The van der Waals surface area contributed by atoms with Gasteiger partial charge in [0.25, 0.3) is 5.91 Å². The van der Waals surface area contributed by atoms with E-state index in [-0.39, 0.29) is 24.1 Å². The smallest absolute Gasteiger partial charge is 0.260 e. The quantitative estimate of drug-likeness (QED) is 0.557. The van der Waals surface area contributed by atoms with Crippen molar-refractivity contribution in [3.05, 3.63) is 58.9 Å². The summed E-state index contributed by atoms with van der Waals surface area (Å²) in [6.07, 6.45) is 0.827. The van der Waals surface area contributed by atoms with Gasteiger partial charge in [-0.15, -0.1) is 12.4 Å². The maximum Gasteiger partial charge on any atom is 0.260 e. The third-order valence-corrected chi connectivity index (χ3v) is 5.59. The highest BCUT2D eigenvalue weighted by atomic mass is 35.5. The van der Waals surface area contributed by atoms with Crippen molar-refractivity contribution in [1.29, 1.82) is 0 Å². The first-order chi connectivity index (χ1) is 12.8. The van der Waals surface area contributed by atoms with Crippen molar-refractivity contribution in [3.63, 3.8) is 0 Å². The van der Waals surface area contributed by atoms with Gasteiger partial charge in [0.05, 0.1) is 10.2 Å². The van der Waals surface area contributed by atoms with Gasteiger partial charge in [0.2, 0.25) is 0 Å². The lowest BCUT2D eigenvalue weighted by Crippen LogP contribution is -2.33. The number of aromatic nitrogens is 1. The normalized spacial score (nSPS) is 10.9. The summed E-state index contributed by atoms with van der Waals surface area (Å²) in [7, 11) is 4.02. The van der Waals surface area contributed by atoms with Crippen molar-refractivity contribution < 1.29 is 9.18 Å². The number of nitrogens with zero attached hydrogens (tertiary/aromatic N) is 3. The second-order valence-corrected chi connectivity index (χ2v) is 8.02. The molecule has 3 aromatic rings. The molecule has 0 unspecified atom stereocenters. The number of rotatable bonds is 6. The zero-order chi connectivity index (χ0) is 19.6. The molecule has 0 spiro atoms. The van der Waals surface area contributed by atoms with Crippen LogP contribution in [0.1, 0.15) is 27.9 Å². The van der Waals surface area contributed by atoms with Crippen molar-refractivity contribution >= 4 is 45.0 Å². The van der Waals surface area contributed by atoms with Gasteiger partial charge in [0, 0.05) is 12.1 Å². The summed E-state index contributed by atoms with van der Waals surface area (Å²) in [4.78, 5) is 21.7. The molecule has 0 saturated carbocycles. The van der Waals surface area contributed by atoms with Gasteiger partial charge in [-0.05, 0) is 82.4 Å². The Hall–Kier alpha value is -2.02. The number of benzene rings is 2. The molecule has 0 aliphatic rings. The van der Waals surface area contributed by atoms with Crippen molar-refractivity contribution in [1.82, 2.24) is 9.88 Å². The Kier molecular flexibility index (Phi) is 7.52. The maximum absolute atomic E-state index is 13.2. The van der Waals surface area contributed by atoms with E-state index in [4.69, 9.17) is 4.98 Å². The van der Waals surface area contributed by atoms with Gasteiger partial charge in [-0.3, -0.25) is 9.69 Å². The van der Waals surface area contributed by atoms with Gasteiger partial charge in [0.15, 0.2) is 5.13 Å². The number of carbonyl (C=O) groups is 1. The van der Waals surface area contributed by atoms with Crippen LogP contribution < -0.4 is 4.90 Å². The van der Waals surface area contributed by atoms with E-state index in [1.807, 2.05) is 27.1 Å². The Balaban J connectivity index is 0.00000280. The Morgan fingerprint density at radius 1 is 1.11 bits per heavy atom. The number of aryl methyl sites for hydroxylation is 2. The zero-order valence-corrected chi connectivity index (χ0v) is 18.2. The number of carbonyl (C=O) groups excluding carboxylic acids is 1. The molecule has 1 amide bonds. The van der Waals surface area contributed by atoms with Crippen LogP contribution in [0.4, 0.5) is 9.52 Å². The van der Waals surface area contributed by atoms with Gasteiger partial charge >= 0.3 is 0 Å². The summed E-state index contributed by atoms with van der Waals surface area (Å²) < 4.78 is 14.3. The topological polar surface area (TPSA) is 36.4 Å². The first-order valence-corrected chi connectivity index (χ1v) is 9.77. The molecule has 4 nitrogen and oxygen atoms in total. The molecule has 1 heterocycles. The fourth-order valence-corrected chi connectivity index (χ4v) is 4.10. The van der Waals surface area contributed by atoms with E-state index in [0.717, 1.165) is 34.3 Å². The number of fused-ring (bicyclic) bond motifs is 1. The van der Waals surface area contributed by atoms with Crippen LogP contribution in [0.15, 0.2) is 36.4 Å². The largest absolute Gasteiger partial charge is 0.309 e. The molecule has 0 atom stereocenters. The maximum atomic E-state index is 13.2. The summed E-state index contributed by atoms with van der Waals surface area (Å²) in [6.45, 7) is 5.54. The number of anilines is 1. The molecule has 150 valence electrons. The average Bonchev–Trinajstić information content (AvgIpc) is 3.02. The molecule has 2 aromatic carbocycles. The van der Waals surface area contributed by atoms with Gasteiger partial charge < -0.3 is 4.90 Å². The molecule has 28 heavy (non-hydrogen) atoms. The summed E-state index contributed by atoms with van der Waals surface area (Å²) in [6, 6.07) is 9.86. The highest BCUT2D eigenvalue weighted by Crippen LogP contribution is 2.33. The lowest BCUT2D eigenvalue weighted by Gasteiger charge is -2.21. The van der Waals surface area contributed by atoms with Crippen LogP contribution in [0, 0.1) is 19.7 Å².